The van der Waals surface area contributed by atoms with Gasteiger partial charge in [-0.25, -0.2) is 14.6 Å². The number of methoxy groups -OCH3 is 3. The topological polar surface area (TPSA) is 118 Å². The van der Waals surface area contributed by atoms with E-state index in [1.807, 2.05) is 13.0 Å². The van der Waals surface area contributed by atoms with Crippen LogP contribution in [0, 0.1) is 20.8 Å². The number of anilines is 1. The first-order valence-corrected chi connectivity index (χ1v) is 12.5. The second-order valence-corrected chi connectivity index (χ2v) is 9.12. The first-order chi connectivity index (χ1) is 19.3. The van der Waals surface area contributed by atoms with Crippen LogP contribution >= 0.6 is 0 Å². The van der Waals surface area contributed by atoms with Gasteiger partial charge in [0, 0.05) is 12.1 Å². The number of ether oxygens (including phenoxy) is 3. The van der Waals surface area contributed by atoms with Crippen molar-refractivity contribution in [3.8, 4) is 28.8 Å². The summed E-state index contributed by atoms with van der Waals surface area (Å²) in [6, 6.07) is 11.4. The molecule has 3 heterocycles. The lowest BCUT2D eigenvalue weighted by molar-refractivity contribution is -0.111. The van der Waals surface area contributed by atoms with Gasteiger partial charge in [-0.3, -0.25) is 4.79 Å². The Morgan fingerprint density at radius 2 is 1.65 bits per heavy atom. The molecule has 0 spiro atoms. The standard InChI is InChI=1S/C29H29N7O4/c1-17-7-9-21(11-18(17)2)35-28-22(15-32-35)29(31-16-30-28)36-25(12-19(3)34-36)33-26(37)10-8-20-13-23(38-4)27(40-6)24(14-20)39-5/h7-16H,1-6H3,(H,33,37)/b10-8+. The van der Waals surface area contributed by atoms with Gasteiger partial charge < -0.3 is 19.5 Å². The number of benzene rings is 2. The number of fused-ring (bicyclic) bond motifs is 1. The average molecular weight is 540 g/mol. The molecule has 0 bridgehead atoms. The average Bonchev–Trinajstić information content (AvgIpc) is 3.55. The molecule has 0 aliphatic carbocycles. The molecule has 11 nitrogen and oxygen atoms in total. The minimum absolute atomic E-state index is 0.356. The second-order valence-electron chi connectivity index (χ2n) is 9.12. The molecule has 0 saturated carbocycles. The number of carbonyl (C=O) groups is 1. The molecular formula is C29H29N7O4. The van der Waals surface area contributed by atoms with E-state index in [1.54, 1.807) is 39.8 Å². The Morgan fingerprint density at radius 1 is 0.900 bits per heavy atom. The number of nitrogens with zero attached hydrogens (tertiary/aromatic N) is 6. The van der Waals surface area contributed by atoms with Gasteiger partial charge in [-0.1, -0.05) is 6.07 Å². The SMILES string of the molecule is COc1cc(/C=C/C(=O)Nc2cc(C)nn2-c2ncnc3c2cnn3-c2ccc(C)c(C)c2)cc(OC)c1OC. The summed E-state index contributed by atoms with van der Waals surface area (Å²) in [6.07, 6.45) is 6.24. The Hall–Kier alpha value is -5.19. The van der Waals surface area contributed by atoms with Crippen molar-refractivity contribution in [3.05, 3.63) is 77.4 Å². The van der Waals surface area contributed by atoms with Crippen LogP contribution in [0.3, 0.4) is 0 Å². The van der Waals surface area contributed by atoms with Crippen LogP contribution in [-0.2, 0) is 4.79 Å². The molecule has 0 atom stereocenters. The maximum absolute atomic E-state index is 12.9. The van der Waals surface area contributed by atoms with Crippen molar-refractivity contribution in [1.82, 2.24) is 29.5 Å². The molecule has 0 aliphatic rings. The van der Waals surface area contributed by atoms with Gasteiger partial charge in [-0.05, 0) is 67.8 Å². The fourth-order valence-corrected chi connectivity index (χ4v) is 4.33. The first-order valence-electron chi connectivity index (χ1n) is 12.5. The molecule has 40 heavy (non-hydrogen) atoms. The quantitative estimate of drug-likeness (QED) is 0.284. The molecule has 3 aromatic heterocycles. The highest BCUT2D eigenvalue weighted by atomic mass is 16.5. The Labute approximate surface area is 231 Å². The van der Waals surface area contributed by atoms with E-state index >= 15 is 0 Å². The summed E-state index contributed by atoms with van der Waals surface area (Å²) in [5, 5.41) is 12.7. The molecule has 0 fully saturated rings. The summed E-state index contributed by atoms with van der Waals surface area (Å²) < 4.78 is 19.5. The normalized spacial score (nSPS) is 11.2. The zero-order valence-corrected chi connectivity index (χ0v) is 23.1. The van der Waals surface area contributed by atoms with Crippen LogP contribution in [0.2, 0.25) is 0 Å². The van der Waals surface area contributed by atoms with E-state index in [1.165, 1.54) is 39.3 Å². The van der Waals surface area contributed by atoms with Crippen LogP contribution in [-0.4, -0.2) is 56.8 Å². The number of hydrogen-bond acceptors (Lipinski definition) is 8. The number of carbonyl (C=O) groups excluding carboxylic acids is 1. The van der Waals surface area contributed by atoms with Crippen LogP contribution in [0.1, 0.15) is 22.4 Å². The molecule has 2 aromatic carbocycles. The van der Waals surface area contributed by atoms with Gasteiger partial charge in [0.05, 0.1) is 44.3 Å². The molecular weight excluding hydrogens is 510 g/mol. The number of nitrogens with one attached hydrogen (secondary N) is 1. The third-order valence-electron chi connectivity index (χ3n) is 6.48. The van der Waals surface area contributed by atoms with E-state index in [0.29, 0.717) is 51.2 Å². The van der Waals surface area contributed by atoms with Crippen LogP contribution in [0.5, 0.6) is 17.2 Å². The molecule has 1 N–H and O–H groups in total. The highest BCUT2D eigenvalue weighted by Crippen LogP contribution is 2.38. The van der Waals surface area contributed by atoms with Crippen molar-refractivity contribution in [3.63, 3.8) is 0 Å². The Bertz CT molecular complexity index is 1730. The highest BCUT2D eigenvalue weighted by molar-refractivity contribution is 6.02. The van der Waals surface area contributed by atoms with E-state index in [2.05, 4.69) is 51.5 Å². The lowest BCUT2D eigenvalue weighted by Crippen LogP contribution is -2.13. The van der Waals surface area contributed by atoms with Gasteiger partial charge >= 0.3 is 0 Å². The lowest BCUT2D eigenvalue weighted by Gasteiger charge is -2.12. The van der Waals surface area contributed by atoms with Crippen LogP contribution in [0.4, 0.5) is 5.82 Å². The van der Waals surface area contributed by atoms with Gasteiger partial charge in [0.1, 0.15) is 12.1 Å². The van der Waals surface area contributed by atoms with E-state index in [4.69, 9.17) is 14.2 Å². The van der Waals surface area contributed by atoms with Crippen LogP contribution in [0.15, 0.2) is 55.0 Å². The van der Waals surface area contributed by atoms with Gasteiger partial charge in [-0.2, -0.15) is 14.9 Å². The maximum Gasteiger partial charge on any atom is 0.249 e. The van der Waals surface area contributed by atoms with E-state index < -0.39 is 0 Å². The summed E-state index contributed by atoms with van der Waals surface area (Å²) in [5.41, 5.74) is 5.28. The number of amides is 1. The van der Waals surface area contributed by atoms with Crippen molar-refractivity contribution in [2.75, 3.05) is 26.6 Å². The predicted octanol–water partition coefficient (Wildman–Crippen LogP) is 4.60. The smallest absolute Gasteiger partial charge is 0.249 e. The lowest BCUT2D eigenvalue weighted by atomic mass is 10.1. The zero-order chi connectivity index (χ0) is 28.4. The van der Waals surface area contributed by atoms with Crippen molar-refractivity contribution in [1.29, 1.82) is 0 Å². The molecule has 0 aliphatic heterocycles. The number of hydrogen-bond donors (Lipinski definition) is 1. The van der Waals surface area contributed by atoms with Gasteiger partial charge in [0.15, 0.2) is 23.0 Å². The number of aryl methyl sites for hydroxylation is 3. The van der Waals surface area contributed by atoms with Crippen molar-refractivity contribution in [2.24, 2.45) is 0 Å². The highest BCUT2D eigenvalue weighted by Gasteiger charge is 2.18. The summed E-state index contributed by atoms with van der Waals surface area (Å²) in [7, 11) is 4.61. The zero-order valence-electron chi connectivity index (χ0n) is 23.1. The fourth-order valence-electron chi connectivity index (χ4n) is 4.33. The Kier molecular flexibility index (Phi) is 7.19. The van der Waals surface area contributed by atoms with E-state index in [9.17, 15) is 4.79 Å². The minimum atomic E-state index is -0.356. The van der Waals surface area contributed by atoms with Crippen LogP contribution in [0.25, 0.3) is 28.6 Å². The summed E-state index contributed by atoms with van der Waals surface area (Å²) in [5.74, 6) is 2.05. The molecule has 0 radical (unpaired) electrons. The molecule has 5 aromatic rings. The van der Waals surface area contributed by atoms with Gasteiger partial charge in [-0.15, -0.1) is 0 Å². The van der Waals surface area contributed by atoms with Crippen molar-refractivity contribution < 1.29 is 19.0 Å². The molecule has 0 unspecified atom stereocenters. The molecule has 11 heteroatoms. The monoisotopic (exact) mass is 539 g/mol. The van der Waals surface area contributed by atoms with Crippen molar-refractivity contribution in [2.45, 2.75) is 20.8 Å². The fraction of sp³-hybridized carbons (Fsp3) is 0.207. The summed E-state index contributed by atoms with van der Waals surface area (Å²) in [4.78, 5) is 21.9. The van der Waals surface area contributed by atoms with E-state index in [-0.39, 0.29) is 5.91 Å². The first kappa shape index (κ1) is 26.4. The molecule has 204 valence electrons. The van der Waals surface area contributed by atoms with Gasteiger partial charge in [0.25, 0.3) is 0 Å². The number of aromatic nitrogens is 6. The minimum Gasteiger partial charge on any atom is -0.493 e. The van der Waals surface area contributed by atoms with Gasteiger partial charge in [0.2, 0.25) is 11.7 Å². The second kappa shape index (κ2) is 10.9. The summed E-state index contributed by atoms with van der Waals surface area (Å²) >= 11 is 0. The Balaban J connectivity index is 1.45. The molecule has 5 rings (SSSR count). The van der Waals surface area contributed by atoms with E-state index in [0.717, 1.165) is 11.3 Å². The van der Waals surface area contributed by atoms with Crippen LogP contribution < -0.4 is 19.5 Å². The predicted molar refractivity (Wildman–Crippen MR) is 152 cm³/mol. The summed E-state index contributed by atoms with van der Waals surface area (Å²) in [6.45, 7) is 5.97. The Morgan fingerprint density at radius 3 is 2.33 bits per heavy atom. The molecule has 1 amide bonds. The maximum atomic E-state index is 12.9. The third-order valence-corrected chi connectivity index (χ3v) is 6.48. The number of rotatable bonds is 8. The largest absolute Gasteiger partial charge is 0.493 e. The van der Waals surface area contributed by atoms with Crippen molar-refractivity contribution >= 4 is 28.8 Å². The third kappa shape index (κ3) is 4.96. The molecule has 0 saturated heterocycles.